The number of hydrogen-bond acceptors (Lipinski definition) is 4. The third-order valence-electron chi connectivity index (χ3n) is 4.48. The lowest BCUT2D eigenvalue weighted by Crippen LogP contribution is -2.28. The first-order valence-electron chi connectivity index (χ1n) is 8.63. The van der Waals surface area contributed by atoms with Crippen LogP contribution in [0.3, 0.4) is 0 Å². The van der Waals surface area contributed by atoms with E-state index in [1.54, 1.807) is 6.08 Å². The summed E-state index contributed by atoms with van der Waals surface area (Å²) in [6, 6.07) is 9.63. The maximum atomic E-state index is 12.3. The van der Waals surface area contributed by atoms with Crippen LogP contribution >= 0.6 is 0 Å². The van der Waals surface area contributed by atoms with Crippen molar-refractivity contribution in [1.82, 2.24) is 5.32 Å². The Bertz CT molecular complexity index is 804. The van der Waals surface area contributed by atoms with E-state index in [1.807, 2.05) is 37.3 Å². The molecule has 5 nitrogen and oxygen atoms in total. The predicted octanol–water partition coefficient (Wildman–Crippen LogP) is 3.64. The van der Waals surface area contributed by atoms with Gasteiger partial charge in [0.25, 0.3) is 0 Å². The molecule has 5 heteroatoms. The minimum absolute atomic E-state index is 0.00804. The molecule has 1 N–H and O–H groups in total. The molecule has 1 aromatic heterocycles. The Morgan fingerprint density at radius 1 is 1.16 bits per heavy atom. The fourth-order valence-electron chi connectivity index (χ4n) is 3.06. The van der Waals surface area contributed by atoms with E-state index in [4.69, 9.17) is 13.9 Å². The number of ether oxygens (including phenoxy) is 2. The summed E-state index contributed by atoms with van der Waals surface area (Å²) in [4.78, 5) is 12.3. The minimum atomic E-state index is -0.124. The standard InChI is InChI=1S/C20H21NO4/c1-13-2-6-16(25-13)7-9-19(22)21-20(14-3-4-14)15-5-8-17-18(12-15)24-11-10-23-17/h2,5-9,12,14,20H,3-4,10-11H2,1H3,(H,21,22)/b9-7+. The molecule has 25 heavy (non-hydrogen) atoms. The van der Waals surface area contributed by atoms with E-state index < -0.39 is 0 Å². The molecule has 4 rings (SSSR count). The number of amides is 1. The van der Waals surface area contributed by atoms with Crippen LogP contribution in [0, 0.1) is 12.8 Å². The van der Waals surface area contributed by atoms with Gasteiger partial charge in [0.15, 0.2) is 11.5 Å². The zero-order chi connectivity index (χ0) is 17.2. The van der Waals surface area contributed by atoms with Crippen LogP contribution in [-0.4, -0.2) is 19.1 Å². The van der Waals surface area contributed by atoms with Gasteiger partial charge in [-0.25, -0.2) is 0 Å². The van der Waals surface area contributed by atoms with Crippen LogP contribution in [0.1, 0.15) is 36.0 Å². The van der Waals surface area contributed by atoms with Gasteiger partial charge in [-0.2, -0.15) is 0 Å². The van der Waals surface area contributed by atoms with E-state index in [0.717, 1.165) is 35.7 Å². The lowest BCUT2D eigenvalue weighted by molar-refractivity contribution is -0.117. The lowest BCUT2D eigenvalue weighted by Gasteiger charge is -2.22. The number of benzene rings is 1. The van der Waals surface area contributed by atoms with E-state index in [9.17, 15) is 4.79 Å². The van der Waals surface area contributed by atoms with Gasteiger partial charge in [-0.15, -0.1) is 0 Å². The maximum absolute atomic E-state index is 12.3. The molecule has 2 aromatic rings. The quantitative estimate of drug-likeness (QED) is 0.845. The molecule has 1 fully saturated rings. The molecule has 0 radical (unpaired) electrons. The van der Waals surface area contributed by atoms with Gasteiger partial charge in [-0.1, -0.05) is 6.07 Å². The highest BCUT2D eigenvalue weighted by Crippen LogP contribution is 2.43. The molecule has 1 saturated carbocycles. The summed E-state index contributed by atoms with van der Waals surface area (Å²) in [6.07, 6.45) is 5.46. The largest absolute Gasteiger partial charge is 0.486 e. The van der Waals surface area contributed by atoms with Crippen molar-refractivity contribution in [2.24, 2.45) is 5.92 Å². The second-order valence-electron chi connectivity index (χ2n) is 6.51. The molecule has 1 atom stereocenters. The Morgan fingerprint density at radius 3 is 2.68 bits per heavy atom. The van der Waals surface area contributed by atoms with Gasteiger partial charge < -0.3 is 19.2 Å². The van der Waals surface area contributed by atoms with Gasteiger partial charge in [0.2, 0.25) is 5.91 Å². The second kappa shape index (κ2) is 6.67. The smallest absolute Gasteiger partial charge is 0.244 e. The summed E-state index contributed by atoms with van der Waals surface area (Å²) < 4.78 is 16.7. The Hall–Kier alpha value is -2.69. The van der Waals surface area contributed by atoms with Crippen LogP contribution in [0.4, 0.5) is 0 Å². The van der Waals surface area contributed by atoms with Crippen LogP contribution in [-0.2, 0) is 4.79 Å². The number of hydrogen-bond donors (Lipinski definition) is 1. The van der Waals surface area contributed by atoms with Crippen molar-refractivity contribution in [3.63, 3.8) is 0 Å². The molecule has 0 saturated heterocycles. The van der Waals surface area contributed by atoms with Crippen molar-refractivity contribution in [2.75, 3.05) is 13.2 Å². The lowest BCUT2D eigenvalue weighted by atomic mass is 10.0. The van der Waals surface area contributed by atoms with Crippen LogP contribution in [0.2, 0.25) is 0 Å². The van der Waals surface area contributed by atoms with E-state index in [2.05, 4.69) is 5.32 Å². The molecule has 2 aliphatic rings. The van der Waals surface area contributed by atoms with Crippen molar-refractivity contribution >= 4 is 12.0 Å². The molecule has 1 aliphatic carbocycles. The van der Waals surface area contributed by atoms with Crippen molar-refractivity contribution in [3.05, 3.63) is 53.5 Å². The van der Waals surface area contributed by atoms with Crippen molar-refractivity contribution in [3.8, 4) is 11.5 Å². The van der Waals surface area contributed by atoms with Crippen molar-refractivity contribution < 1.29 is 18.7 Å². The van der Waals surface area contributed by atoms with Gasteiger partial charge in [-0.3, -0.25) is 4.79 Å². The molecular formula is C20H21NO4. The Kier molecular flexibility index (Phi) is 4.22. The minimum Gasteiger partial charge on any atom is -0.486 e. The van der Waals surface area contributed by atoms with Crippen molar-refractivity contribution in [2.45, 2.75) is 25.8 Å². The molecule has 0 bridgehead atoms. The summed E-state index contributed by atoms with van der Waals surface area (Å²) >= 11 is 0. The summed E-state index contributed by atoms with van der Waals surface area (Å²) in [6.45, 7) is 3.01. The third-order valence-corrected chi connectivity index (χ3v) is 4.48. The van der Waals surface area contributed by atoms with Gasteiger partial charge in [-0.05, 0) is 61.6 Å². The van der Waals surface area contributed by atoms with E-state index in [-0.39, 0.29) is 11.9 Å². The number of carbonyl (C=O) groups is 1. The van der Waals surface area contributed by atoms with Crippen LogP contribution in [0.5, 0.6) is 11.5 Å². The highest BCUT2D eigenvalue weighted by molar-refractivity contribution is 5.91. The fourth-order valence-corrected chi connectivity index (χ4v) is 3.06. The molecular weight excluding hydrogens is 318 g/mol. The van der Waals surface area contributed by atoms with Gasteiger partial charge in [0, 0.05) is 6.08 Å². The van der Waals surface area contributed by atoms with Crippen LogP contribution in [0.25, 0.3) is 6.08 Å². The fraction of sp³-hybridized carbons (Fsp3) is 0.350. The van der Waals surface area contributed by atoms with Crippen molar-refractivity contribution in [1.29, 1.82) is 0 Å². The zero-order valence-corrected chi connectivity index (χ0v) is 14.2. The zero-order valence-electron chi connectivity index (χ0n) is 14.2. The second-order valence-corrected chi connectivity index (χ2v) is 6.51. The topological polar surface area (TPSA) is 60.7 Å². The van der Waals surface area contributed by atoms with E-state index in [0.29, 0.717) is 24.9 Å². The normalized spacial score (nSPS) is 17.5. The van der Waals surface area contributed by atoms with Gasteiger partial charge in [0.05, 0.1) is 6.04 Å². The highest BCUT2D eigenvalue weighted by Gasteiger charge is 2.33. The number of aryl methyl sites for hydroxylation is 1. The Labute approximate surface area is 146 Å². The molecule has 0 spiro atoms. The Balaban J connectivity index is 1.48. The van der Waals surface area contributed by atoms with Crippen LogP contribution in [0.15, 0.2) is 40.8 Å². The van der Waals surface area contributed by atoms with Gasteiger partial charge in [0.1, 0.15) is 24.7 Å². The first kappa shape index (κ1) is 15.8. The third kappa shape index (κ3) is 3.71. The molecule has 130 valence electrons. The van der Waals surface area contributed by atoms with E-state index >= 15 is 0 Å². The average molecular weight is 339 g/mol. The first-order chi connectivity index (χ1) is 12.2. The number of rotatable bonds is 5. The summed E-state index contributed by atoms with van der Waals surface area (Å²) in [5.74, 6) is 3.38. The van der Waals surface area contributed by atoms with Gasteiger partial charge >= 0.3 is 0 Å². The number of fused-ring (bicyclic) bond motifs is 1. The number of carbonyl (C=O) groups excluding carboxylic acids is 1. The summed E-state index contributed by atoms with van der Waals surface area (Å²) in [7, 11) is 0. The maximum Gasteiger partial charge on any atom is 0.244 e. The average Bonchev–Trinajstić information content (AvgIpc) is 3.39. The summed E-state index contributed by atoms with van der Waals surface area (Å²) in [5, 5.41) is 3.12. The number of nitrogens with one attached hydrogen (secondary N) is 1. The molecule has 1 aliphatic heterocycles. The number of furan rings is 1. The van der Waals surface area contributed by atoms with E-state index in [1.165, 1.54) is 6.08 Å². The Morgan fingerprint density at radius 2 is 1.96 bits per heavy atom. The molecule has 1 unspecified atom stereocenters. The monoisotopic (exact) mass is 339 g/mol. The van der Waals surface area contributed by atoms with Crippen LogP contribution < -0.4 is 14.8 Å². The summed E-state index contributed by atoms with van der Waals surface area (Å²) in [5.41, 5.74) is 1.06. The SMILES string of the molecule is Cc1ccc(/C=C/C(=O)NC(c2ccc3c(c2)OCCO3)C2CC2)o1. The first-order valence-corrected chi connectivity index (χ1v) is 8.63. The predicted molar refractivity (Wildman–Crippen MR) is 93.5 cm³/mol. The molecule has 1 amide bonds. The highest BCUT2D eigenvalue weighted by atomic mass is 16.6. The molecule has 2 heterocycles. The molecule has 1 aromatic carbocycles.